The number of ether oxygens (including phenoxy) is 1. The van der Waals surface area contributed by atoms with Crippen molar-refractivity contribution in [3.8, 4) is 5.75 Å². The minimum absolute atomic E-state index is 0.264. The van der Waals surface area contributed by atoms with Crippen LogP contribution in [0, 0.1) is 0 Å². The van der Waals surface area contributed by atoms with Gasteiger partial charge in [-0.3, -0.25) is 4.72 Å². The second-order valence-electron chi connectivity index (χ2n) is 4.50. The van der Waals surface area contributed by atoms with Gasteiger partial charge in [0, 0.05) is 5.02 Å². The van der Waals surface area contributed by atoms with Crippen LogP contribution in [0.4, 0.5) is 11.4 Å². The summed E-state index contributed by atoms with van der Waals surface area (Å²) in [6, 6.07) is 13.5. The third-order valence-electron chi connectivity index (χ3n) is 3.07. The summed E-state index contributed by atoms with van der Waals surface area (Å²) in [4.78, 5) is 0. The van der Waals surface area contributed by atoms with Gasteiger partial charge in [0.15, 0.2) is 0 Å². The normalized spacial score (nSPS) is 14.2. The van der Waals surface area contributed by atoms with Gasteiger partial charge in [0.05, 0.1) is 17.9 Å². The first-order valence-corrected chi connectivity index (χ1v) is 8.16. The number of nitrogens with one attached hydrogen (secondary N) is 1. The van der Waals surface area contributed by atoms with Gasteiger partial charge in [-0.1, -0.05) is 23.7 Å². The fraction of sp³-hybridized carbons (Fsp3) is 0.143. The van der Waals surface area contributed by atoms with Crippen LogP contribution < -0.4 is 13.8 Å². The molecule has 0 fully saturated rings. The lowest BCUT2D eigenvalue weighted by molar-refractivity contribution is 0.316. The van der Waals surface area contributed by atoms with Crippen molar-refractivity contribution in [2.75, 3.05) is 22.2 Å². The van der Waals surface area contributed by atoms with Gasteiger partial charge >= 0.3 is 10.2 Å². The fourth-order valence-corrected chi connectivity index (χ4v) is 3.51. The van der Waals surface area contributed by atoms with Crippen LogP contribution in [0.2, 0.25) is 5.02 Å². The second-order valence-corrected chi connectivity index (χ2v) is 6.53. The smallest absolute Gasteiger partial charge is 0.324 e. The SMILES string of the molecule is O=S(=O)(Nc1ccc(Cl)cc1)N1CCOc2ccccc21. The molecule has 2 aromatic rings. The van der Waals surface area contributed by atoms with Crippen LogP contribution in [0.1, 0.15) is 0 Å². The molecular weight excluding hydrogens is 312 g/mol. The van der Waals surface area contributed by atoms with Crippen molar-refractivity contribution in [2.45, 2.75) is 0 Å². The Morgan fingerprint density at radius 3 is 2.57 bits per heavy atom. The summed E-state index contributed by atoms with van der Waals surface area (Å²) < 4.78 is 34.4. The van der Waals surface area contributed by atoms with Crippen LogP contribution >= 0.6 is 11.6 Å². The Hall–Kier alpha value is -1.92. The van der Waals surface area contributed by atoms with Gasteiger partial charge in [-0.05, 0) is 36.4 Å². The monoisotopic (exact) mass is 324 g/mol. The van der Waals surface area contributed by atoms with Gasteiger partial charge in [-0.2, -0.15) is 8.42 Å². The Morgan fingerprint density at radius 1 is 1.10 bits per heavy atom. The number of rotatable bonds is 3. The number of hydrogen-bond donors (Lipinski definition) is 1. The van der Waals surface area contributed by atoms with E-state index >= 15 is 0 Å². The molecule has 0 aliphatic carbocycles. The van der Waals surface area contributed by atoms with Crippen LogP contribution in [0.3, 0.4) is 0 Å². The van der Waals surface area contributed by atoms with Gasteiger partial charge in [0.1, 0.15) is 12.4 Å². The van der Waals surface area contributed by atoms with Gasteiger partial charge in [0.25, 0.3) is 0 Å². The van der Waals surface area contributed by atoms with Gasteiger partial charge in [0.2, 0.25) is 0 Å². The standard InChI is InChI=1S/C14H13ClN2O3S/c15-11-5-7-12(8-6-11)16-21(18,19)17-9-10-20-14-4-2-1-3-13(14)17/h1-8,16H,9-10H2. The van der Waals surface area contributed by atoms with E-state index < -0.39 is 10.2 Å². The Kier molecular flexibility index (Phi) is 3.65. The average Bonchev–Trinajstić information content (AvgIpc) is 2.49. The maximum Gasteiger partial charge on any atom is 0.324 e. The molecule has 110 valence electrons. The molecule has 2 aromatic carbocycles. The predicted octanol–water partition coefficient (Wildman–Crippen LogP) is 2.90. The first-order chi connectivity index (χ1) is 10.1. The molecule has 0 saturated heterocycles. The quantitative estimate of drug-likeness (QED) is 0.944. The zero-order valence-electron chi connectivity index (χ0n) is 11.0. The number of nitrogens with zero attached hydrogens (tertiary/aromatic N) is 1. The first kappa shape index (κ1) is 14.0. The molecule has 1 aliphatic heterocycles. The van der Waals surface area contributed by atoms with E-state index in [0.717, 1.165) is 0 Å². The lowest BCUT2D eigenvalue weighted by Crippen LogP contribution is -2.41. The Balaban J connectivity index is 1.91. The second kappa shape index (κ2) is 5.46. The predicted molar refractivity (Wildman–Crippen MR) is 83.3 cm³/mol. The summed E-state index contributed by atoms with van der Waals surface area (Å²) in [6.07, 6.45) is 0. The van der Waals surface area contributed by atoms with E-state index in [0.29, 0.717) is 28.8 Å². The van der Waals surface area contributed by atoms with Crippen molar-refractivity contribution in [2.24, 2.45) is 0 Å². The van der Waals surface area contributed by atoms with E-state index in [4.69, 9.17) is 16.3 Å². The van der Waals surface area contributed by atoms with E-state index in [1.165, 1.54) is 4.31 Å². The third kappa shape index (κ3) is 2.91. The molecule has 0 saturated carbocycles. The number of anilines is 2. The molecule has 7 heteroatoms. The van der Waals surface area contributed by atoms with Crippen LogP contribution in [-0.2, 0) is 10.2 Å². The molecule has 0 amide bonds. The summed E-state index contributed by atoms with van der Waals surface area (Å²) in [5, 5.41) is 0.551. The zero-order chi connectivity index (χ0) is 14.9. The van der Waals surface area contributed by atoms with Gasteiger partial charge in [-0.15, -0.1) is 0 Å². The van der Waals surface area contributed by atoms with Crippen LogP contribution in [0.25, 0.3) is 0 Å². The van der Waals surface area contributed by atoms with Crippen LogP contribution in [-0.4, -0.2) is 21.6 Å². The summed E-state index contributed by atoms with van der Waals surface area (Å²) in [5.74, 6) is 0.560. The van der Waals surface area contributed by atoms with Crippen molar-refractivity contribution in [3.05, 3.63) is 53.6 Å². The third-order valence-corrected chi connectivity index (χ3v) is 4.77. The molecule has 0 radical (unpaired) electrons. The van der Waals surface area contributed by atoms with Crippen molar-refractivity contribution < 1.29 is 13.2 Å². The van der Waals surface area contributed by atoms with Crippen LogP contribution in [0.5, 0.6) is 5.75 Å². The summed E-state index contributed by atoms with van der Waals surface area (Å²) in [7, 11) is -3.70. The van der Waals surface area contributed by atoms with Crippen molar-refractivity contribution >= 4 is 33.2 Å². The van der Waals surface area contributed by atoms with Gasteiger partial charge < -0.3 is 4.74 Å². The summed E-state index contributed by atoms with van der Waals surface area (Å²) in [5.41, 5.74) is 0.994. The number of fused-ring (bicyclic) bond motifs is 1. The highest BCUT2D eigenvalue weighted by Crippen LogP contribution is 2.33. The highest BCUT2D eigenvalue weighted by Gasteiger charge is 2.28. The highest BCUT2D eigenvalue weighted by molar-refractivity contribution is 7.94. The molecule has 1 N–H and O–H groups in total. The first-order valence-electron chi connectivity index (χ1n) is 6.34. The molecule has 3 rings (SSSR count). The Labute approximate surface area is 128 Å². The molecule has 0 atom stereocenters. The average molecular weight is 325 g/mol. The molecule has 1 aliphatic rings. The molecule has 0 unspecified atom stereocenters. The maximum atomic E-state index is 12.5. The molecule has 0 spiro atoms. The topological polar surface area (TPSA) is 58.6 Å². The van der Waals surface area contributed by atoms with Crippen LogP contribution in [0.15, 0.2) is 48.5 Å². The zero-order valence-corrected chi connectivity index (χ0v) is 12.6. The largest absolute Gasteiger partial charge is 0.489 e. The number of benzene rings is 2. The highest BCUT2D eigenvalue weighted by atomic mass is 35.5. The molecule has 1 heterocycles. The fourth-order valence-electron chi connectivity index (χ4n) is 2.12. The van der Waals surface area contributed by atoms with Crippen molar-refractivity contribution in [3.63, 3.8) is 0 Å². The summed E-state index contributed by atoms with van der Waals surface area (Å²) >= 11 is 5.79. The maximum absolute atomic E-state index is 12.5. The van der Waals surface area contributed by atoms with E-state index in [2.05, 4.69) is 4.72 Å². The van der Waals surface area contributed by atoms with Gasteiger partial charge in [-0.25, -0.2) is 4.31 Å². The van der Waals surface area contributed by atoms with Crippen molar-refractivity contribution in [1.82, 2.24) is 0 Å². The molecular formula is C14H13ClN2O3S. The van der Waals surface area contributed by atoms with E-state index in [1.54, 1.807) is 42.5 Å². The Bertz CT molecular complexity index is 747. The summed E-state index contributed by atoms with van der Waals surface area (Å²) in [6.45, 7) is 0.582. The molecule has 0 aromatic heterocycles. The van der Waals surface area contributed by atoms with Crippen molar-refractivity contribution in [1.29, 1.82) is 0 Å². The molecule has 5 nitrogen and oxygen atoms in total. The number of halogens is 1. The minimum Gasteiger partial charge on any atom is -0.489 e. The number of hydrogen-bond acceptors (Lipinski definition) is 3. The lowest BCUT2D eigenvalue weighted by Gasteiger charge is -2.30. The molecule has 0 bridgehead atoms. The van der Waals surface area contributed by atoms with E-state index in [-0.39, 0.29) is 6.54 Å². The molecule has 21 heavy (non-hydrogen) atoms. The Morgan fingerprint density at radius 2 is 1.81 bits per heavy atom. The van der Waals surface area contributed by atoms with E-state index in [1.807, 2.05) is 6.07 Å². The number of para-hydroxylation sites is 2. The minimum atomic E-state index is -3.70. The van der Waals surface area contributed by atoms with E-state index in [9.17, 15) is 8.42 Å². The lowest BCUT2D eigenvalue weighted by atomic mass is 10.2.